The predicted octanol–water partition coefficient (Wildman–Crippen LogP) is 0.404. The molecule has 1 fully saturated rings. The first-order chi connectivity index (χ1) is 10.9. The highest BCUT2D eigenvalue weighted by atomic mass is 16.3. The second kappa shape index (κ2) is 6.25. The maximum absolute atomic E-state index is 11.1. The lowest BCUT2D eigenvalue weighted by Gasteiger charge is -2.32. The molecule has 1 saturated heterocycles. The van der Waals surface area contributed by atoms with Crippen molar-refractivity contribution in [3.05, 3.63) is 29.3 Å². The maximum atomic E-state index is 11.1. The minimum absolute atomic E-state index is 0.0311. The lowest BCUT2D eigenvalue weighted by Crippen LogP contribution is -2.42. The number of aromatic nitrogens is 3. The molecule has 0 aliphatic carbocycles. The molecular weight excluding hydrogens is 294 g/mol. The summed E-state index contributed by atoms with van der Waals surface area (Å²) in [6.07, 6.45) is 2.55. The molecule has 124 valence electrons. The summed E-state index contributed by atoms with van der Waals surface area (Å²) in [4.78, 5) is 22.4. The number of piperidine rings is 1. The van der Waals surface area contributed by atoms with Crippen LogP contribution in [-0.4, -0.2) is 49.5 Å². The Hall–Kier alpha value is -1.99. The van der Waals surface area contributed by atoms with Crippen LogP contribution in [0.4, 0.5) is 0 Å². The van der Waals surface area contributed by atoms with Gasteiger partial charge in [-0.15, -0.1) is 0 Å². The molecule has 1 aliphatic rings. The molecule has 0 unspecified atom stereocenters. The number of primary amides is 1. The van der Waals surface area contributed by atoms with Gasteiger partial charge < -0.3 is 10.8 Å². The Morgan fingerprint density at radius 2 is 2.09 bits per heavy atom. The van der Waals surface area contributed by atoms with Crippen LogP contribution in [0.15, 0.2) is 12.3 Å². The van der Waals surface area contributed by atoms with E-state index in [1.165, 1.54) is 0 Å². The maximum Gasteiger partial charge on any atom is 0.246 e. The number of amides is 1. The van der Waals surface area contributed by atoms with E-state index in [0.29, 0.717) is 0 Å². The van der Waals surface area contributed by atoms with Gasteiger partial charge in [0.2, 0.25) is 11.7 Å². The van der Waals surface area contributed by atoms with Gasteiger partial charge in [0.25, 0.3) is 0 Å². The van der Waals surface area contributed by atoms with Crippen LogP contribution in [0, 0.1) is 19.8 Å². The third-order valence-corrected chi connectivity index (χ3v) is 4.57. The molecule has 0 radical (unpaired) electrons. The normalized spacial score (nSPS) is 18.4. The number of nitrogens with zero attached hydrogens (tertiary/aromatic N) is 4. The van der Waals surface area contributed by atoms with Crippen molar-refractivity contribution < 1.29 is 9.90 Å². The molecule has 3 heterocycles. The average Bonchev–Trinajstić information content (AvgIpc) is 2.90. The number of carbonyl (C=O) groups is 1. The summed E-state index contributed by atoms with van der Waals surface area (Å²) in [5, 5.41) is 9.76. The average molecular weight is 317 g/mol. The van der Waals surface area contributed by atoms with Crippen molar-refractivity contribution in [2.24, 2.45) is 11.7 Å². The number of aryl methyl sites for hydroxylation is 2. The van der Waals surface area contributed by atoms with Gasteiger partial charge in [-0.1, -0.05) is 0 Å². The largest absolute Gasteiger partial charge is 0.383 e. The quantitative estimate of drug-likeness (QED) is 0.851. The van der Waals surface area contributed by atoms with Gasteiger partial charge in [-0.2, -0.15) is 0 Å². The Bertz CT molecular complexity index is 719. The number of carbonyl (C=O) groups excluding carboxylic acids is 1. The van der Waals surface area contributed by atoms with Gasteiger partial charge in [-0.3, -0.25) is 14.1 Å². The fourth-order valence-corrected chi connectivity index (χ4v) is 3.28. The van der Waals surface area contributed by atoms with Gasteiger partial charge in [0.05, 0.1) is 5.69 Å². The Kier molecular flexibility index (Phi) is 4.32. The fourth-order valence-electron chi connectivity index (χ4n) is 3.28. The first-order valence-electron chi connectivity index (χ1n) is 7.96. The van der Waals surface area contributed by atoms with E-state index in [2.05, 4.69) is 14.9 Å². The van der Waals surface area contributed by atoms with Crippen molar-refractivity contribution in [2.75, 3.05) is 13.1 Å². The lowest BCUT2D eigenvalue weighted by atomic mass is 9.91. The van der Waals surface area contributed by atoms with Crippen LogP contribution >= 0.6 is 0 Å². The number of hydrogen-bond acceptors (Lipinski definition) is 5. The minimum atomic E-state index is -1.03. The topological polar surface area (TPSA) is 96.8 Å². The summed E-state index contributed by atoms with van der Waals surface area (Å²) >= 11 is 0. The van der Waals surface area contributed by atoms with Gasteiger partial charge in [0.1, 0.15) is 6.10 Å². The van der Waals surface area contributed by atoms with E-state index < -0.39 is 12.0 Å². The SMILES string of the molecule is Cc1cc(C)n2cc(CN3CCC([C@@H](O)C(N)=O)CC3)nc2n1. The Morgan fingerprint density at radius 1 is 1.39 bits per heavy atom. The molecule has 7 nitrogen and oxygen atoms in total. The summed E-state index contributed by atoms with van der Waals surface area (Å²) in [5.41, 5.74) is 8.24. The Balaban J connectivity index is 1.65. The number of hydrogen-bond donors (Lipinski definition) is 2. The second-order valence-corrected chi connectivity index (χ2v) is 6.40. The van der Waals surface area contributed by atoms with Crippen LogP contribution in [-0.2, 0) is 11.3 Å². The summed E-state index contributed by atoms with van der Waals surface area (Å²) in [6, 6.07) is 2.04. The van der Waals surface area contributed by atoms with Crippen LogP contribution in [0.3, 0.4) is 0 Å². The first kappa shape index (κ1) is 15.9. The van der Waals surface area contributed by atoms with E-state index in [0.717, 1.165) is 55.3 Å². The highest BCUT2D eigenvalue weighted by molar-refractivity contribution is 5.78. The van der Waals surface area contributed by atoms with E-state index in [9.17, 15) is 9.90 Å². The number of aliphatic hydroxyl groups is 1. The molecule has 2 aromatic rings. The number of likely N-dealkylation sites (tertiary alicyclic amines) is 1. The number of fused-ring (bicyclic) bond motifs is 1. The molecule has 1 aliphatic heterocycles. The van der Waals surface area contributed by atoms with Crippen molar-refractivity contribution >= 4 is 11.7 Å². The number of aliphatic hydroxyl groups excluding tert-OH is 1. The van der Waals surface area contributed by atoms with Gasteiger partial charge in [-0.05, 0) is 51.8 Å². The Morgan fingerprint density at radius 3 is 2.74 bits per heavy atom. The van der Waals surface area contributed by atoms with Crippen molar-refractivity contribution in [1.82, 2.24) is 19.3 Å². The molecule has 23 heavy (non-hydrogen) atoms. The summed E-state index contributed by atoms with van der Waals surface area (Å²) in [5.74, 6) is 0.0774. The van der Waals surface area contributed by atoms with Crippen LogP contribution in [0.25, 0.3) is 5.78 Å². The van der Waals surface area contributed by atoms with Crippen molar-refractivity contribution in [3.63, 3.8) is 0 Å². The van der Waals surface area contributed by atoms with Crippen molar-refractivity contribution in [1.29, 1.82) is 0 Å². The zero-order valence-electron chi connectivity index (χ0n) is 13.6. The molecule has 0 aromatic carbocycles. The van der Waals surface area contributed by atoms with Crippen molar-refractivity contribution in [3.8, 4) is 0 Å². The third kappa shape index (κ3) is 3.35. The van der Waals surface area contributed by atoms with Crippen LogP contribution in [0.1, 0.15) is 29.9 Å². The summed E-state index contributed by atoms with van der Waals surface area (Å²) in [7, 11) is 0. The van der Waals surface area contributed by atoms with Crippen LogP contribution < -0.4 is 5.73 Å². The molecule has 0 spiro atoms. The van der Waals surface area contributed by atoms with Gasteiger partial charge in [-0.25, -0.2) is 9.97 Å². The van der Waals surface area contributed by atoms with Crippen LogP contribution in [0.5, 0.6) is 0 Å². The molecule has 1 atom stereocenters. The highest BCUT2D eigenvalue weighted by Crippen LogP contribution is 2.22. The summed E-state index contributed by atoms with van der Waals surface area (Å²) < 4.78 is 2.01. The van der Waals surface area contributed by atoms with Gasteiger partial charge in [0, 0.05) is 24.1 Å². The standard InChI is InChI=1S/C16H23N5O2/c1-10-7-11(2)21-9-13(19-16(21)18-10)8-20-5-3-12(4-6-20)14(22)15(17)23/h7,9,12,14,22H,3-6,8H2,1-2H3,(H2,17,23)/t14-/m1/s1. The zero-order valence-corrected chi connectivity index (χ0v) is 13.6. The van der Waals surface area contributed by atoms with E-state index >= 15 is 0 Å². The minimum Gasteiger partial charge on any atom is -0.383 e. The van der Waals surface area contributed by atoms with Gasteiger partial charge in [0.15, 0.2) is 0 Å². The van der Waals surface area contributed by atoms with E-state index in [-0.39, 0.29) is 5.92 Å². The molecule has 2 aromatic heterocycles. The number of rotatable bonds is 4. The van der Waals surface area contributed by atoms with E-state index in [4.69, 9.17) is 5.73 Å². The zero-order chi connectivity index (χ0) is 16.6. The van der Waals surface area contributed by atoms with Crippen molar-refractivity contribution in [2.45, 2.75) is 39.3 Å². The predicted molar refractivity (Wildman–Crippen MR) is 85.7 cm³/mol. The van der Waals surface area contributed by atoms with E-state index in [1.54, 1.807) is 0 Å². The van der Waals surface area contributed by atoms with Crippen LogP contribution in [0.2, 0.25) is 0 Å². The molecule has 1 amide bonds. The number of imidazole rings is 1. The van der Waals surface area contributed by atoms with E-state index in [1.807, 2.05) is 30.5 Å². The third-order valence-electron chi connectivity index (χ3n) is 4.57. The Labute approximate surface area is 135 Å². The fraction of sp³-hybridized carbons (Fsp3) is 0.562. The smallest absolute Gasteiger partial charge is 0.246 e. The molecular formula is C16H23N5O2. The second-order valence-electron chi connectivity index (χ2n) is 6.40. The molecule has 7 heteroatoms. The first-order valence-corrected chi connectivity index (χ1v) is 7.96. The monoisotopic (exact) mass is 317 g/mol. The number of nitrogens with two attached hydrogens (primary N) is 1. The molecule has 3 rings (SSSR count). The lowest BCUT2D eigenvalue weighted by molar-refractivity contribution is -0.129. The summed E-state index contributed by atoms with van der Waals surface area (Å²) in [6.45, 7) is 6.42. The highest BCUT2D eigenvalue weighted by Gasteiger charge is 2.28. The molecule has 0 bridgehead atoms. The molecule has 0 saturated carbocycles. The van der Waals surface area contributed by atoms with Gasteiger partial charge >= 0.3 is 0 Å². The molecule has 3 N–H and O–H groups in total.